The number of carbonyl (C=O) groups excluding carboxylic acids is 2. The van der Waals surface area contributed by atoms with Gasteiger partial charge in [-0.05, 0) is 30.2 Å². The average Bonchev–Trinajstić information content (AvgIpc) is 2.73. The van der Waals surface area contributed by atoms with E-state index in [2.05, 4.69) is 4.72 Å². The summed E-state index contributed by atoms with van der Waals surface area (Å²) in [7, 11) is -1.64. The fourth-order valence-corrected chi connectivity index (χ4v) is 4.19. The molecule has 0 fully saturated rings. The lowest BCUT2D eigenvalue weighted by Crippen LogP contribution is -2.46. The number of nitrogens with zero attached hydrogens (tertiary/aromatic N) is 2. The number of carbonyl (C=O) groups is 2. The highest BCUT2D eigenvalue weighted by Crippen LogP contribution is 2.16. The van der Waals surface area contributed by atoms with Crippen molar-refractivity contribution in [2.24, 2.45) is 20.0 Å². The highest BCUT2D eigenvalue weighted by atomic mass is 35.5. The summed E-state index contributed by atoms with van der Waals surface area (Å²) in [6, 6.07) is 4.00. The van der Waals surface area contributed by atoms with Crippen molar-refractivity contribution in [1.82, 2.24) is 13.9 Å². The second-order valence-electron chi connectivity index (χ2n) is 7.29. The second-order valence-corrected chi connectivity index (χ2v) is 9.44. The van der Waals surface area contributed by atoms with Gasteiger partial charge in [-0.3, -0.25) is 23.5 Å². The molecule has 0 saturated heterocycles. The van der Waals surface area contributed by atoms with E-state index in [1.807, 2.05) is 0 Å². The predicted octanol–water partition coefficient (Wildman–Crippen LogP) is 0.0486. The SMILES string of the molecule is CC(C)[C@@H](NS(=O)(=O)c1ccc(Cl)cc1)C(=O)OCC(=O)c1c(N)n(C)c(=O)n(C)c1=O. The van der Waals surface area contributed by atoms with Crippen LogP contribution in [0.4, 0.5) is 5.82 Å². The molecule has 1 aromatic heterocycles. The Morgan fingerprint density at radius 3 is 2.22 bits per heavy atom. The van der Waals surface area contributed by atoms with Crippen molar-refractivity contribution in [2.45, 2.75) is 24.8 Å². The van der Waals surface area contributed by atoms with Crippen LogP contribution in [0.15, 0.2) is 38.8 Å². The van der Waals surface area contributed by atoms with Gasteiger partial charge in [-0.15, -0.1) is 0 Å². The summed E-state index contributed by atoms with van der Waals surface area (Å²) in [5.41, 5.74) is 3.55. The van der Waals surface area contributed by atoms with Crippen LogP contribution in [0, 0.1) is 5.92 Å². The predicted molar refractivity (Wildman–Crippen MR) is 117 cm³/mol. The Labute approximate surface area is 188 Å². The van der Waals surface area contributed by atoms with E-state index >= 15 is 0 Å². The highest BCUT2D eigenvalue weighted by molar-refractivity contribution is 7.89. The van der Waals surface area contributed by atoms with E-state index in [-0.39, 0.29) is 10.7 Å². The summed E-state index contributed by atoms with van der Waals surface area (Å²) in [6.07, 6.45) is 0. The van der Waals surface area contributed by atoms with Crippen LogP contribution in [0.2, 0.25) is 5.02 Å². The Morgan fingerprint density at radius 2 is 1.69 bits per heavy atom. The maximum Gasteiger partial charge on any atom is 0.332 e. The minimum Gasteiger partial charge on any atom is -0.456 e. The molecule has 174 valence electrons. The van der Waals surface area contributed by atoms with Crippen molar-refractivity contribution < 1.29 is 22.7 Å². The van der Waals surface area contributed by atoms with Crippen molar-refractivity contribution in [1.29, 1.82) is 0 Å². The quantitative estimate of drug-likeness (QED) is 0.391. The van der Waals surface area contributed by atoms with Gasteiger partial charge in [0.15, 0.2) is 6.61 Å². The molecule has 13 heteroatoms. The van der Waals surface area contributed by atoms with Gasteiger partial charge in [0.1, 0.15) is 17.4 Å². The van der Waals surface area contributed by atoms with Crippen LogP contribution >= 0.6 is 11.6 Å². The Hall–Kier alpha value is -2.96. The third-order valence-corrected chi connectivity index (χ3v) is 6.37. The molecule has 1 atom stereocenters. The average molecular weight is 487 g/mol. The molecule has 32 heavy (non-hydrogen) atoms. The largest absolute Gasteiger partial charge is 0.456 e. The number of anilines is 1. The molecule has 0 aliphatic rings. The molecular weight excluding hydrogens is 464 g/mol. The molecule has 0 spiro atoms. The number of ketones is 1. The molecule has 0 bridgehead atoms. The Bertz CT molecular complexity index is 1260. The van der Waals surface area contributed by atoms with Gasteiger partial charge in [0.2, 0.25) is 15.8 Å². The first kappa shape index (κ1) is 25.3. The summed E-state index contributed by atoms with van der Waals surface area (Å²) in [5.74, 6) is -2.86. The summed E-state index contributed by atoms with van der Waals surface area (Å²) in [5, 5.41) is 0.339. The first-order valence-electron chi connectivity index (χ1n) is 9.31. The number of aromatic nitrogens is 2. The van der Waals surface area contributed by atoms with Crippen LogP contribution in [0.25, 0.3) is 0 Å². The normalized spacial score (nSPS) is 12.6. The molecule has 0 radical (unpaired) electrons. The molecule has 0 amide bonds. The van der Waals surface area contributed by atoms with Crippen LogP contribution in [0.1, 0.15) is 24.2 Å². The number of nitrogens with two attached hydrogens (primary N) is 1. The van der Waals surface area contributed by atoms with Gasteiger partial charge >= 0.3 is 11.7 Å². The van der Waals surface area contributed by atoms with Gasteiger partial charge in [-0.2, -0.15) is 4.72 Å². The molecule has 3 N–H and O–H groups in total. The topological polar surface area (TPSA) is 160 Å². The Morgan fingerprint density at radius 1 is 1.12 bits per heavy atom. The number of rotatable bonds is 8. The zero-order chi connectivity index (χ0) is 24.4. The number of nitrogen functional groups attached to an aromatic ring is 1. The Balaban J connectivity index is 2.21. The van der Waals surface area contributed by atoms with Gasteiger partial charge in [0.05, 0.1) is 4.90 Å². The van der Waals surface area contributed by atoms with Crippen LogP contribution in [0.5, 0.6) is 0 Å². The van der Waals surface area contributed by atoms with E-state index in [4.69, 9.17) is 22.1 Å². The molecule has 0 aliphatic carbocycles. The lowest BCUT2D eigenvalue weighted by Gasteiger charge is -2.21. The number of halogens is 1. The summed E-state index contributed by atoms with van der Waals surface area (Å²) in [4.78, 5) is 49.1. The summed E-state index contributed by atoms with van der Waals surface area (Å²) in [6.45, 7) is 2.29. The number of hydrogen-bond acceptors (Lipinski definition) is 8. The number of esters is 1. The third kappa shape index (κ3) is 5.26. The first-order valence-corrected chi connectivity index (χ1v) is 11.2. The van der Waals surface area contributed by atoms with Crippen LogP contribution in [-0.4, -0.2) is 42.0 Å². The summed E-state index contributed by atoms with van der Waals surface area (Å²) < 4.78 is 34.0. The summed E-state index contributed by atoms with van der Waals surface area (Å²) >= 11 is 5.77. The monoisotopic (exact) mass is 486 g/mol. The lowest BCUT2D eigenvalue weighted by atomic mass is 10.1. The molecule has 0 unspecified atom stereocenters. The maximum absolute atomic E-state index is 12.6. The third-order valence-electron chi connectivity index (χ3n) is 4.66. The zero-order valence-corrected chi connectivity index (χ0v) is 19.4. The zero-order valence-electron chi connectivity index (χ0n) is 17.8. The van der Waals surface area contributed by atoms with Crippen molar-refractivity contribution in [3.05, 3.63) is 55.7 Å². The molecule has 1 heterocycles. The van der Waals surface area contributed by atoms with E-state index in [1.54, 1.807) is 13.8 Å². The van der Waals surface area contributed by atoms with E-state index in [1.165, 1.54) is 38.4 Å². The number of Topliss-reactive ketones (excluding diaryl/α,β-unsaturated/α-hetero) is 1. The fraction of sp³-hybridized carbons (Fsp3) is 0.368. The molecule has 11 nitrogen and oxygen atoms in total. The minimum atomic E-state index is -4.09. The van der Waals surface area contributed by atoms with Crippen LogP contribution < -0.4 is 21.7 Å². The number of hydrogen-bond donors (Lipinski definition) is 2. The van der Waals surface area contributed by atoms with Crippen molar-refractivity contribution in [3.63, 3.8) is 0 Å². The number of nitrogens with one attached hydrogen (secondary N) is 1. The highest BCUT2D eigenvalue weighted by Gasteiger charge is 2.31. The van der Waals surface area contributed by atoms with E-state index in [9.17, 15) is 27.6 Å². The molecular formula is C19H23ClN4O7S. The van der Waals surface area contributed by atoms with E-state index in [0.717, 1.165) is 4.57 Å². The molecule has 0 saturated carbocycles. The maximum atomic E-state index is 12.6. The Kier molecular flexibility index (Phi) is 7.65. The van der Waals surface area contributed by atoms with Gasteiger partial charge in [0, 0.05) is 19.1 Å². The fourth-order valence-electron chi connectivity index (χ4n) is 2.73. The first-order chi connectivity index (χ1) is 14.8. The van der Waals surface area contributed by atoms with Crippen molar-refractivity contribution >= 4 is 39.2 Å². The van der Waals surface area contributed by atoms with Gasteiger partial charge < -0.3 is 10.5 Å². The minimum absolute atomic E-state index is 0.113. The number of benzene rings is 1. The smallest absolute Gasteiger partial charge is 0.332 e. The number of sulfonamides is 1. The second kappa shape index (κ2) is 9.67. The van der Waals surface area contributed by atoms with Crippen molar-refractivity contribution in [3.8, 4) is 0 Å². The molecule has 1 aromatic carbocycles. The van der Waals surface area contributed by atoms with Crippen LogP contribution in [0.3, 0.4) is 0 Å². The molecule has 2 rings (SSSR count). The van der Waals surface area contributed by atoms with Crippen LogP contribution in [-0.2, 0) is 33.7 Å². The van der Waals surface area contributed by atoms with E-state index in [0.29, 0.717) is 9.59 Å². The molecule has 0 aliphatic heterocycles. The van der Waals surface area contributed by atoms with Gasteiger partial charge in [-0.25, -0.2) is 13.2 Å². The van der Waals surface area contributed by atoms with Gasteiger partial charge in [0.25, 0.3) is 5.56 Å². The standard InChI is InChI=1S/C19H23ClN4O7S/c1-10(2)15(22-32(29,30)12-7-5-11(20)6-8-12)18(27)31-9-13(25)14-16(21)23(3)19(28)24(4)17(14)26/h5-8,10,15,22H,9,21H2,1-4H3/t15-/m1/s1. The number of ether oxygens (including phenoxy) is 1. The van der Waals surface area contributed by atoms with Gasteiger partial charge in [-0.1, -0.05) is 25.4 Å². The van der Waals surface area contributed by atoms with Crippen molar-refractivity contribution in [2.75, 3.05) is 12.3 Å². The lowest BCUT2D eigenvalue weighted by molar-refractivity contribution is -0.145. The molecule has 2 aromatic rings. The van der Waals surface area contributed by atoms with E-state index < -0.39 is 57.2 Å².